The molecule has 1 aliphatic rings. The van der Waals surface area contributed by atoms with Gasteiger partial charge < -0.3 is 10.1 Å². The summed E-state index contributed by atoms with van der Waals surface area (Å²) in [6, 6.07) is 15.1. The standard InChI is InChI=1S/C22H24ClN5O2/c23-18-8-9-21(28-16-24-15-25-28)20(11-18)26-22(29)13-27-10-4-5-17(12-27)14-30-19-6-2-1-3-7-19/h1-3,6-9,11,15-17H,4-5,10,12-14H2,(H,26,29). The maximum absolute atomic E-state index is 12.7. The number of hydrogen-bond acceptors (Lipinski definition) is 5. The summed E-state index contributed by atoms with van der Waals surface area (Å²) in [5.41, 5.74) is 1.33. The highest BCUT2D eigenvalue weighted by Gasteiger charge is 2.22. The lowest BCUT2D eigenvalue weighted by atomic mass is 9.99. The zero-order valence-corrected chi connectivity index (χ0v) is 17.3. The van der Waals surface area contributed by atoms with Crippen molar-refractivity contribution in [2.75, 3.05) is 31.6 Å². The molecule has 2 heterocycles. The predicted octanol–water partition coefficient (Wildman–Crippen LogP) is 3.65. The SMILES string of the molecule is O=C(CN1CCCC(COc2ccccc2)C1)Nc1cc(Cl)ccc1-n1cncn1. The zero-order chi connectivity index (χ0) is 20.8. The molecular weight excluding hydrogens is 402 g/mol. The molecule has 7 nitrogen and oxygen atoms in total. The summed E-state index contributed by atoms with van der Waals surface area (Å²) in [4.78, 5) is 18.9. The quantitative estimate of drug-likeness (QED) is 0.625. The van der Waals surface area contributed by atoms with Crippen LogP contribution in [0.4, 0.5) is 5.69 Å². The van der Waals surface area contributed by atoms with E-state index in [2.05, 4.69) is 20.3 Å². The van der Waals surface area contributed by atoms with E-state index < -0.39 is 0 Å². The minimum absolute atomic E-state index is 0.0803. The molecule has 1 fully saturated rings. The Morgan fingerprint density at radius 2 is 2.10 bits per heavy atom. The highest BCUT2D eigenvalue weighted by atomic mass is 35.5. The lowest BCUT2D eigenvalue weighted by molar-refractivity contribution is -0.117. The normalized spacial score (nSPS) is 16.9. The number of hydrogen-bond donors (Lipinski definition) is 1. The van der Waals surface area contributed by atoms with Gasteiger partial charge >= 0.3 is 0 Å². The van der Waals surface area contributed by atoms with E-state index in [-0.39, 0.29) is 5.91 Å². The van der Waals surface area contributed by atoms with Gasteiger partial charge in [-0.1, -0.05) is 29.8 Å². The van der Waals surface area contributed by atoms with Crippen molar-refractivity contribution < 1.29 is 9.53 Å². The van der Waals surface area contributed by atoms with Gasteiger partial charge in [-0.05, 0) is 49.7 Å². The molecule has 156 valence electrons. The van der Waals surface area contributed by atoms with E-state index in [1.165, 1.54) is 6.33 Å². The van der Waals surface area contributed by atoms with E-state index in [0.29, 0.717) is 29.8 Å². The number of anilines is 1. The van der Waals surface area contributed by atoms with Gasteiger partial charge in [0.25, 0.3) is 0 Å². The molecule has 3 aromatic rings. The highest BCUT2D eigenvalue weighted by molar-refractivity contribution is 6.31. The van der Waals surface area contributed by atoms with Gasteiger partial charge in [0.1, 0.15) is 18.4 Å². The van der Waals surface area contributed by atoms with Crippen LogP contribution in [0.5, 0.6) is 5.75 Å². The van der Waals surface area contributed by atoms with Crippen LogP contribution in [0.2, 0.25) is 5.02 Å². The smallest absolute Gasteiger partial charge is 0.238 e. The van der Waals surface area contributed by atoms with Crippen molar-refractivity contribution in [3.63, 3.8) is 0 Å². The molecule has 8 heteroatoms. The van der Waals surface area contributed by atoms with Crippen molar-refractivity contribution in [1.82, 2.24) is 19.7 Å². The van der Waals surface area contributed by atoms with E-state index in [9.17, 15) is 4.79 Å². The Morgan fingerprint density at radius 1 is 1.23 bits per heavy atom. The van der Waals surface area contributed by atoms with E-state index >= 15 is 0 Å². The van der Waals surface area contributed by atoms with Crippen molar-refractivity contribution in [2.24, 2.45) is 5.92 Å². The number of carbonyl (C=O) groups excluding carboxylic acids is 1. The van der Waals surface area contributed by atoms with Gasteiger partial charge in [0.2, 0.25) is 5.91 Å². The topological polar surface area (TPSA) is 72.3 Å². The first-order valence-electron chi connectivity index (χ1n) is 10.0. The van der Waals surface area contributed by atoms with Gasteiger partial charge in [0.15, 0.2) is 0 Å². The lowest BCUT2D eigenvalue weighted by Gasteiger charge is -2.32. The van der Waals surface area contributed by atoms with Crippen molar-refractivity contribution in [1.29, 1.82) is 0 Å². The fourth-order valence-corrected chi connectivity index (χ4v) is 3.87. The van der Waals surface area contributed by atoms with Crippen molar-refractivity contribution >= 4 is 23.2 Å². The highest BCUT2D eigenvalue weighted by Crippen LogP contribution is 2.24. The Labute approximate surface area is 180 Å². The molecule has 1 aliphatic heterocycles. The largest absolute Gasteiger partial charge is 0.493 e. The molecule has 1 atom stereocenters. The second-order valence-corrected chi connectivity index (χ2v) is 7.85. The first-order valence-corrected chi connectivity index (χ1v) is 10.4. The number of piperidine rings is 1. The van der Waals surface area contributed by atoms with Crippen LogP contribution in [0.1, 0.15) is 12.8 Å². The fraction of sp³-hybridized carbons (Fsp3) is 0.318. The first kappa shape index (κ1) is 20.4. The van der Waals surface area contributed by atoms with Crippen LogP contribution in [0.3, 0.4) is 0 Å². The first-order chi connectivity index (χ1) is 14.7. The van der Waals surface area contributed by atoms with Gasteiger partial charge in [-0.3, -0.25) is 9.69 Å². The monoisotopic (exact) mass is 425 g/mol. The molecule has 4 rings (SSSR count). The van der Waals surface area contributed by atoms with E-state index in [4.69, 9.17) is 16.3 Å². The molecular formula is C22H24ClN5O2. The third-order valence-electron chi connectivity index (χ3n) is 5.10. The lowest BCUT2D eigenvalue weighted by Crippen LogP contribution is -2.42. The Balaban J connectivity index is 1.33. The van der Waals surface area contributed by atoms with Gasteiger partial charge in [-0.2, -0.15) is 5.10 Å². The van der Waals surface area contributed by atoms with Crippen LogP contribution < -0.4 is 10.1 Å². The summed E-state index contributed by atoms with van der Waals surface area (Å²) in [5.74, 6) is 1.21. The minimum atomic E-state index is -0.0803. The Bertz CT molecular complexity index is 965. The molecule has 1 aromatic heterocycles. The van der Waals surface area contributed by atoms with Gasteiger partial charge in [0.05, 0.1) is 24.5 Å². The number of amides is 1. The third kappa shape index (κ3) is 5.37. The molecule has 0 aliphatic carbocycles. The Hall–Kier alpha value is -2.90. The van der Waals surface area contributed by atoms with E-state index in [0.717, 1.165) is 37.4 Å². The molecule has 30 heavy (non-hydrogen) atoms. The molecule has 1 saturated heterocycles. The number of nitrogens with one attached hydrogen (secondary N) is 1. The van der Waals surface area contributed by atoms with Crippen LogP contribution in [0.15, 0.2) is 61.2 Å². The van der Waals surface area contributed by atoms with Crippen LogP contribution in [-0.4, -0.2) is 51.8 Å². The molecule has 0 bridgehead atoms. The Kier molecular flexibility index (Phi) is 6.61. The molecule has 0 saturated carbocycles. The average Bonchev–Trinajstić information content (AvgIpc) is 3.28. The second-order valence-electron chi connectivity index (χ2n) is 7.42. The molecule has 0 spiro atoms. The number of benzene rings is 2. The summed E-state index contributed by atoms with van der Waals surface area (Å²) >= 11 is 6.14. The number of halogens is 1. The molecule has 2 aromatic carbocycles. The number of ether oxygens (including phenoxy) is 1. The number of likely N-dealkylation sites (tertiary alicyclic amines) is 1. The maximum Gasteiger partial charge on any atom is 0.238 e. The second kappa shape index (κ2) is 9.73. The number of carbonyl (C=O) groups is 1. The van der Waals surface area contributed by atoms with Crippen molar-refractivity contribution in [2.45, 2.75) is 12.8 Å². The summed E-state index contributed by atoms with van der Waals surface area (Å²) in [5, 5.41) is 7.66. The molecule has 1 amide bonds. The molecule has 1 N–H and O–H groups in total. The maximum atomic E-state index is 12.7. The van der Waals surface area contributed by atoms with Crippen LogP contribution in [0, 0.1) is 5.92 Å². The average molecular weight is 426 g/mol. The fourth-order valence-electron chi connectivity index (χ4n) is 3.70. The molecule has 1 unspecified atom stereocenters. The summed E-state index contributed by atoms with van der Waals surface area (Å²) < 4.78 is 7.51. The minimum Gasteiger partial charge on any atom is -0.493 e. The van der Waals surface area contributed by atoms with E-state index in [1.807, 2.05) is 36.4 Å². The Morgan fingerprint density at radius 3 is 2.90 bits per heavy atom. The summed E-state index contributed by atoms with van der Waals surface area (Å²) in [7, 11) is 0. The number of aromatic nitrogens is 3. The summed E-state index contributed by atoms with van der Waals surface area (Å²) in [6.07, 6.45) is 5.19. The van der Waals surface area contributed by atoms with Gasteiger partial charge in [0, 0.05) is 17.5 Å². The van der Waals surface area contributed by atoms with Crippen molar-refractivity contribution in [3.05, 3.63) is 66.2 Å². The zero-order valence-electron chi connectivity index (χ0n) is 16.6. The van der Waals surface area contributed by atoms with Crippen LogP contribution in [0.25, 0.3) is 5.69 Å². The van der Waals surface area contributed by atoms with Crippen LogP contribution in [-0.2, 0) is 4.79 Å². The summed E-state index contributed by atoms with van der Waals surface area (Å²) in [6.45, 7) is 2.73. The van der Waals surface area contributed by atoms with Gasteiger partial charge in [-0.25, -0.2) is 9.67 Å². The van der Waals surface area contributed by atoms with Gasteiger partial charge in [-0.15, -0.1) is 0 Å². The predicted molar refractivity (Wildman–Crippen MR) is 116 cm³/mol. The number of rotatable bonds is 7. The number of para-hydroxylation sites is 1. The number of nitrogens with zero attached hydrogens (tertiary/aromatic N) is 4. The third-order valence-corrected chi connectivity index (χ3v) is 5.33. The van der Waals surface area contributed by atoms with Crippen LogP contribution >= 0.6 is 11.6 Å². The van der Waals surface area contributed by atoms with Crippen molar-refractivity contribution in [3.8, 4) is 11.4 Å². The van der Waals surface area contributed by atoms with E-state index in [1.54, 1.807) is 23.1 Å². The molecule has 0 radical (unpaired) electrons.